The number of carbonyl (C=O) groups is 1. The highest BCUT2D eigenvalue weighted by atomic mass is 19.4. The van der Waals surface area contributed by atoms with Crippen molar-refractivity contribution in [3.8, 4) is 5.69 Å². The third-order valence-corrected chi connectivity index (χ3v) is 3.36. The number of halogens is 3. The van der Waals surface area contributed by atoms with E-state index in [0.29, 0.717) is 11.3 Å². The molecule has 1 aromatic heterocycles. The number of amides is 1. The van der Waals surface area contributed by atoms with Crippen molar-refractivity contribution in [2.45, 2.75) is 6.18 Å². The first-order chi connectivity index (χ1) is 11.4. The minimum Gasteiger partial charge on any atom is -0.320 e. The number of hydrogen-bond donors (Lipinski definition) is 1. The maximum absolute atomic E-state index is 13.0. The molecule has 0 atom stereocenters. The van der Waals surface area contributed by atoms with Gasteiger partial charge in [0.05, 0.1) is 16.9 Å². The number of aromatic nitrogens is 2. The molecule has 4 nitrogen and oxygen atoms in total. The van der Waals surface area contributed by atoms with E-state index in [1.54, 1.807) is 42.6 Å². The van der Waals surface area contributed by atoms with Crippen LogP contribution in [0.5, 0.6) is 0 Å². The van der Waals surface area contributed by atoms with Crippen molar-refractivity contribution in [3.63, 3.8) is 0 Å². The van der Waals surface area contributed by atoms with E-state index in [4.69, 9.17) is 0 Å². The molecule has 7 heteroatoms. The van der Waals surface area contributed by atoms with Gasteiger partial charge in [-0.15, -0.1) is 0 Å². The number of anilines is 1. The molecule has 3 aromatic rings. The molecule has 2 aromatic carbocycles. The number of rotatable bonds is 3. The van der Waals surface area contributed by atoms with E-state index < -0.39 is 17.6 Å². The summed E-state index contributed by atoms with van der Waals surface area (Å²) in [7, 11) is 0. The van der Waals surface area contributed by atoms with E-state index in [9.17, 15) is 18.0 Å². The third kappa shape index (κ3) is 3.29. The molecule has 0 aliphatic heterocycles. The van der Waals surface area contributed by atoms with Crippen LogP contribution < -0.4 is 5.32 Å². The summed E-state index contributed by atoms with van der Waals surface area (Å²) in [6.45, 7) is 0. The van der Waals surface area contributed by atoms with E-state index in [2.05, 4.69) is 10.4 Å². The standard InChI is InChI=1S/C17H12F3N3O/c18-17(19,20)13-7-8-15(23-10-4-9-21-23)14(11-13)22-16(24)12-5-2-1-3-6-12/h1-11H,(H,22,24). The smallest absolute Gasteiger partial charge is 0.320 e. The Kier molecular flexibility index (Phi) is 4.07. The van der Waals surface area contributed by atoms with Gasteiger partial charge in [-0.3, -0.25) is 4.79 Å². The number of hydrogen-bond acceptors (Lipinski definition) is 2. The zero-order valence-electron chi connectivity index (χ0n) is 12.3. The van der Waals surface area contributed by atoms with E-state index in [-0.39, 0.29) is 5.69 Å². The van der Waals surface area contributed by atoms with Crippen molar-refractivity contribution in [3.05, 3.63) is 78.1 Å². The van der Waals surface area contributed by atoms with Crippen LogP contribution >= 0.6 is 0 Å². The Balaban J connectivity index is 2.01. The van der Waals surface area contributed by atoms with E-state index >= 15 is 0 Å². The lowest BCUT2D eigenvalue weighted by Crippen LogP contribution is -2.15. The summed E-state index contributed by atoms with van der Waals surface area (Å²) in [6.07, 6.45) is -1.42. The molecule has 24 heavy (non-hydrogen) atoms. The van der Waals surface area contributed by atoms with Crippen LogP contribution in [0.25, 0.3) is 5.69 Å². The summed E-state index contributed by atoms with van der Waals surface area (Å²) in [6, 6.07) is 13.0. The molecule has 1 amide bonds. The quantitative estimate of drug-likeness (QED) is 0.784. The predicted molar refractivity (Wildman–Crippen MR) is 83.0 cm³/mol. The van der Waals surface area contributed by atoms with Crippen LogP contribution in [0.4, 0.5) is 18.9 Å². The highest BCUT2D eigenvalue weighted by Crippen LogP contribution is 2.33. The molecule has 1 N–H and O–H groups in total. The first-order valence-corrected chi connectivity index (χ1v) is 7.03. The Labute approximate surface area is 135 Å². The molecule has 122 valence electrons. The van der Waals surface area contributed by atoms with Gasteiger partial charge in [-0.25, -0.2) is 4.68 Å². The van der Waals surface area contributed by atoms with Gasteiger partial charge in [0.2, 0.25) is 0 Å². The van der Waals surface area contributed by atoms with Crippen LogP contribution in [0.15, 0.2) is 67.0 Å². The first-order valence-electron chi connectivity index (χ1n) is 7.03. The molecular weight excluding hydrogens is 319 g/mol. The molecule has 0 radical (unpaired) electrons. The SMILES string of the molecule is O=C(Nc1cc(C(F)(F)F)ccc1-n1cccn1)c1ccccc1. The second-order valence-electron chi connectivity index (χ2n) is 5.00. The average Bonchev–Trinajstić information content (AvgIpc) is 3.09. The molecule has 0 saturated heterocycles. The second kappa shape index (κ2) is 6.19. The number of alkyl halides is 3. The monoisotopic (exact) mass is 331 g/mol. The fourth-order valence-electron chi connectivity index (χ4n) is 2.21. The van der Waals surface area contributed by atoms with Crippen LogP contribution in [0, 0.1) is 0 Å². The summed E-state index contributed by atoms with van der Waals surface area (Å²) >= 11 is 0. The molecule has 0 aliphatic rings. The van der Waals surface area contributed by atoms with Crippen molar-refractivity contribution in [2.75, 3.05) is 5.32 Å². The van der Waals surface area contributed by atoms with Crippen molar-refractivity contribution in [1.29, 1.82) is 0 Å². The second-order valence-corrected chi connectivity index (χ2v) is 5.00. The molecule has 0 fully saturated rings. The zero-order chi connectivity index (χ0) is 17.2. The Hall–Kier alpha value is -3.09. The summed E-state index contributed by atoms with van der Waals surface area (Å²) in [4.78, 5) is 12.3. The lowest BCUT2D eigenvalue weighted by atomic mass is 10.1. The Bertz CT molecular complexity index is 843. The van der Waals surface area contributed by atoms with E-state index in [1.807, 2.05) is 0 Å². The lowest BCUT2D eigenvalue weighted by molar-refractivity contribution is -0.137. The van der Waals surface area contributed by atoms with Gasteiger partial charge < -0.3 is 5.32 Å². The van der Waals surface area contributed by atoms with Gasteiger partial charge in [-0.1, -0.05) is 18.2 Å². The molecule has 3 rings (SSSR count). The van der Waals surface area contributed by atoms with Crippen LogP contribution in [0.3, 0.4) is 0 Å². The van der Waals surface area contributed by atoms with Crippen molar-refractivity contribution in [2.24, 2.45) is 0 Å². The molecule has 1 heterocycles. The topological polar surface area (TPSA) is 46.9 Å². The fourth-order valence-corrected chi connectivity index (χ4v) is 2.21. The maximum atomic E-state index is 13.0. The Morgan fingerprint density at radius 3 is 2.42 bits per heavy atom. The van der Waals surface area contributed by atoms with Gasteiger partial charge in [0, 0.05) is 18.0 Å². The predicted octanol–water partition coefficient (Wildman–Crippen LogP) is 4.14. The van der Waals surface area contributed by atoms with Gasteiger partial charge in [0.15, 0.2) is 0 Å². The van der Waals surface area contributed by atoms with Gasteiger partial charge >= 0.3 is 6.18 Å². The normalized spacial score (nSPS) is 11.3. The van der Waals surface area contributed by atoms with Gasteiger partial charge in [0.1, 0.15) is 0 Å². The molecule has 0 saturated carbocycles. The summed E-state index contributed by atoms with van der Waals surface area (Å²) in [5, 5.41) is 6.53. The van der Waals surface area contributed by atoms with Crippen LogP contribution in [0.2, 0.25) is 0 Å². The number of nitrogens with one attached hydrogen (secondary N) is 1. The molecule has 0 unspecified atom stereocenters. The Morgan fingerprint density at radius 1 is 1.04 bits per heavy atom. The number of benzene rings is 2. The lowest BCUT2D eigenvalue weighted by Gasteiger charge is -2.14. The van der Waals surface area contributed by atoms with Crippen molar-refractivity contribution >= 4 is 11.6 Å². The number of carbonyl (C=O) groups excluding carboxylic acids is 1. The molecule has 0 aliphatic carbocycles. The summed E-state index contributed by atoms with van der Waals surface area (Å²) in [5.41, 5.74) is -0.122. The fraction of sp³-hybridized carbons (Fsp3) is 0.0588. The van der Waals surface area contributed by atoms with Crippen LogP contribution in [-0.2, 0) is 6.18 Å². The maximum Gasteiger partial charge on any atom is 0.416 e. The first kappa shape index (κ1) is 15.8. The summed E-state index contributed by atoms with van der Waals surface area (Å²) in [5.74, 6) is -0.497. The largest absolute Gasteiger partial charge is 0.416 e. The highest BCUT2D eigenvalue weighted by molar-refractivity contribution is 6.05. The Morgan fingerprint density at radius 2 is 1.79 bits per heavy atom. The minimum absolute atomic E-state index is 0.0300. The van der Waals surface area contributed by atoms with Crippen molar-refractivity contribution < 1.29 is 18.0 Å². The van der Waals surface area contributed by atoms with Crippen LogP contribution in [0.1, 0.15) is 15.9 Å². The third-order valence-electron chi connectivity index (χ3n) is 3.36. The molecular formula is C17H12F3N3O. The van der Waals surface area contributed by atoms with Crippen molar-refractivity contribution in [1.82, 2.24) is 9.78 Å². The zero-order valence-corrected chi connectivity index (χ0v) is 12.3. The van der Waals surface area contributed by atoms with Gasteiger partial charge in [0.25, 0.3) is 5.91 Å². The van der Waals surface area contributed by atoms with Crippen LogP contribution in [-0.4, -0.2) is 15.7 Å². The molecule has 0 spiro atoms. The van der Waals surface area contributed by atoms with Gasteiger partial charge in [-0.05, 0) is 36.4 Å². The molecule has 0 bridgehead atoms. The van der Waals surface area contributed by atoms with Gasteiger partial charge in [-0.2, -0.15) is 18.3 Å². The number of nitrogens with zero attached hydrogens (tertiary/aromatic N) is 2. The average molecular weight is 331 g/mol. The minimum atomic E-state index is -4.51. The van der Waals surface area contributed by atoms with E-state index in [0.717, 1.165) is 12.1 Å². The summed E-state index contributed by atoms with van der Waals surface area (Å²) < 4.78 is 40.3. The van der Waals surface area contributed by atoms with E-state index in [1.165, 1.54) is 16.9 Å². The highest BCUT2D eigenvalue weighted by Gasteiger charge is 2.31.